The summed E-state index contributed by atoms with van der Waals surface area (Å²) in [6.07, 6.45) is 5.30. The van der Waals surface area contributed by atoms with E-state index in [1.807, 2.05) is 61.1 Å². The second-order valence-corrected chi connectivity index (χ2v) is 11.8. The Bertz CT molecular complexity index is 1730. The highest BCUT2D eigenvalue weighted by molar-refractivity contribution is 8.26. The second kappa shape index (κ2) is 10.5. The van der Waals surface area contributed by atoms with Crippen LogP contribution in [0.25, 0.3) is 39.8 Å². The van der Waals surface area contributed by atoms with E-state index in [2.05, 4.69) is 30.4 Å². The Kier molecular flexibility index (Phi) is 6.84. The van der Waals surface area contributed by atoms with E-state index in [1.165, 1.54) is 0 Å². The van der Waals surface area contributed by atoms with Crippen molar-refractivity contribution in [2.45, 2.75) is 18.7 Å². The Morgan fingerprint density at radius 2 is 1.80 bits per heavy atom. The molecule has 1 saturated heterocycles. The van der Waals surface area contributed by atoms with Gasteiger partial charge in [-0.25, -0.2) is 13.4 Å². The largest absolute Gasteiger partial charge is 0.481 e. The lowest BCUT2D eigenvalue weighted by Crippen LogP contribution is -2.20. The minimum Gasteiger partial charge on any atom is -0.481 e. The van der Waals surface area contributed by atoms with Crippen molar-refractivity contribution in [1.82, 2.24) is 34.9 Å². The first kappa shape index (κ1) is 26.1. The van der Waals surface area contributed by atoms with Gasteiger partial charge >= 0.3 is 0 Å². The van der Waals surface area contributed by atoms with Gasteiger partial charge < -0.3 is 9.15 Å². The number of methoxy groups -OCH3 is 1. The zero-order valence-electron chi connectivity index (χ0n) is 22.0. The van der Waals surface area contributed by atoms with Gasteiger partial charge in [0.1, 0.15) is 5.69 Å². The van der Waals surface area contributed by atoms with Gasteiger partial charge in [0.05, 0.1) is 28.9 Å². The third-order valence-electron chi connectivity index (χ3n) is 6.53. The zero-order valence-corrected chi connectivity index (χ0v) is 23.6. The van der Waals surface area contributed by atoms with Crippen LogP contribution in [0, 0.1) is 0 Å². The highest BCUT2D eigenvalue weighted by Crippen LogP contribution is 2.60. The van der Waals surface area contributed by atoms with Gasteiger partial charge in [0.2, 0.25) is 17.7 Å². The SMILES string of the molecule is COc1cc(-c2nnc(C(C)=C(C)c3nnc(-c4ccc(S5(C)OCO5)cn4)n3-c3ccccc3Cl)o2)ccn1. The van der Waals surface area contributed by atoms with Crippen LogP contribution < -0.4 is 4.74 Å². The lowest BCUT2D eigenvalue weighted by Gasteiger charge is -2.46. The number of allylic oxidation sites excluding steroid dienone is 2. The van der Waals surface area contributed by atoms with Crippen LogP contribution in [0.5, 0.6) is 5.88 Å². The molecule has 13 heteroatoms. The predicted molar refractivity (Wildman–Crippen MR) is 151 cm³/mol. The van der Waals surface area contributed by atoms with Crippen molar-refractivity contribution in [3.8, 4) is 34.5 Å². The summed E-state index contributed by atoms with van der Waals surface area (Å²) in [5, 5.41) is 18.1. The first-order chi connectivity index (χ1) is 19.4. The van der Waals surface area contributed by atoms with Crippen molar-refractivity contribution in [3.63, 3.8) is 0 Å². The highest BCUT2D eigenvalue weighted by atomic mass is 35.5. The maximum Gasteiger partial charge on any atom is 0.248 e. The van der Waals surface area contributed by atoms with E-state index in [0.29, 0.717) is 58.1 Å². The lowest BCUT2D eigenvalue weighted by molar-refractivity contribution is 0.0489. The molecule has 0 spiro atoms. The number of ether oxygens (including phenoxy) is 1. The van der Waals surface area contributed by atoms with Crippen LogP contribution in [0.15, 0.2) is 70.2 Å². The summed E-state index contributed by atoms with van der Waals surface area (Å²) < 4.78 is 24.4. The zero-order chi connectivity index (χ0) is 27.9. The fourth-order valence-corrected chi connectivity index (χ4v) is 5.53. The summed E-state index contributed by atoms with van der Waals surface area (Å²) in [4.78, 5) is 9.67. The van der Waals surface area contributed by atoms with Crippen LogP contribution in [0.2, 0.25) is 5.02 Å². The molecule has 4 aromatic heterocycles. The number of para-hydroxylation sites is 1. The van der Waals surface area contributed by atoms with Crippen molar-refractivity contribution in [1.29, 1.82) is 0 Å². The van der Waals surface area contributed by atoms with Gasteiger partial charge in [0.15, 0.2) is 18.4 Å². The van der Waals surface area contributed by atoms with Crippen LogP contribution >= 0.6 is 22.2 Å². The average Bonchev–Trinajstić information content (AvgIpc) is 3.64. The van der Waals surface area contributed by atoms with E-state index in [4.69, 9.17) is 29.1 Å². The summed E-state index contributed by atoms with van der Waals surface area (Å²) in [5.74, 6) is 2.21. The molecule has 5 aromatic rings. The Balaban J connectivity index is 1.43. The first-order valence-corrected chi connectivity index (χ1v) is 14.4. The summed E-state index contributed by atoms with van der Waals surface area (Å²) in [6, 6.07) is 14.8. The number of benzene rings is 1. The van der Waals surface area contributed by atoms with Gasteiger partial charge in [-0.15, -0.1) is 20.4 Å². The average molecular weight is 578 g/mol. The topological polar surface area (TPSA) is 123 Å². The molecular weight excluding hydrogens is 554 g/mol. The molecular formula is C27H24ClN7O4S. The van der Waals surface area contributed by atoms with Gasteiger partial charge in [0.25, 0.3) is 0 Å². The van der Waals surface area contributed by atoms with Gasteiger partial charge in [0, 0.05) is 35.2 Å². The van der Waals surface area contributed by atoms with Crippen LogP contribution in [0.1, 0.15) is 25.6 Å². The Hall–Kier alpha value is -4.10. The molecule has 204 valence electrons. The molecule has 0 N–H and O–H groups in total. The second-order valence-electron chi connectivity index (χ2n) is 8.89. The fourth-order valence-electron chi connectivity index (χ4n) is 4.09. The first-order valence-electron chi connectivity index (χ1n) is 12.1. The molecule has 0 aliphatic carbocycles. The highest BCUT2D eigenvalue weighted by Gasteiger charge is 2.28. The third-order valence-corrected chi connectivity index (χ3v) is 9.04. The predicted octanol–water partition coefficient (Wildman–Crippen LogP) is 6.01. The Morgan fingerprint density at radius 1 is 0.975 bits per heavy atom. The number of aromatic nitrogens is 7. The number of rotatable bonds is 7. The maximum absolute atomic E-state index is 6.66. The van der Waals surface area contributed by atoms with Crippen LogP contribution in [-0.4, -0.2) is 55.1 Å². The monoisotopic (exact) mass is 577 g/mol. The Morgan fingerprint density at radius 3 is 2.50 bits per heavy atom. The smallest absolute Gasteiger partial charge is 0.248 e. The van der Waals surface area contributed by atoms with Gasteiger partial charge in [-0.1, -0.05) is 23.7 Å². The molecule has 0 radical (unpaired) electrons. The molecule has 5 heterocycles. The standard InChI is InChI=1S/C27H24ClN7O4S/c1-16(17(2)26-33-34-27(39-26)18-11-12-29-23(13-18)36-3)24-31-32-25(35(24)22-8-6-5-7-20(22)28)21-10-9-19(14-30-21)40(4)37-15-38-40/h5-14H,15H2,1-4H3. The third kappa shape index (κ3) is 4.64. The number of hydrogen-bond acceptors (Lipinski definition) is 10. The normalized spacial score (nSPS) is 15.7. The number of pyridine rings is 2. The summed E-state index contributed by atoms with van der Waals surface area (Å²) in [7, 11) is -0.176. The molecule has 1 fully saturated rings. The summed E-state index contributed by atoms with van der Waals surface area (Å²) in [5.41, 5.74) is 3.51. The Labute approximate surface area is 236 Å². The van der Waals surface area contributed by atoms with E-state index in [1.54, 1.807) is 31.6 Å². The van der Waals surface area contributed by atoms with E-state index >= 15 is 0 Å². The minimum absolute atomic E-state index is 0.293. The number of nitrogens with zero attached hydrogens (tertiary/aromatic N) is 7. The quantitative estimate of drug-likeness (QED) is 0.227. The molecule has 1 aliphatic heterocycles. The van der Waals surface area contributed by atoms with Gasteiger partial charge in [-0.2, -0.15) is 10.6 Å². The molecule has 40 heavy (non-hydrogen) atoms. The molecule has 0 unspecified atom stereocenters. The van der Waals surface area contributed by atoms with Crippen molar-refractivity contribution in [2.24, 2.45) is 0 Å². The van der Waals surface area contributed by atoms with Crippen LogP contribution in [-0.2, 0) is 8.37 Å². The molecule has 0 amide bonds. The van der Waals surface area contributed by atoms with E-state index in [0.717, 1.165) is 16.0 Å². The van der Waals surface area contributed by atoms with Crippen molar-refractivity contribution in [3.05, 3.63) is 77.7 Å². The fraction of sp³-hybridized carbons (Fsp3) is 0.185. The lowest BCUT2D eigenvalue weighted by atomic mass is 10.1. The maximum atomic E-state index is 6.66. The molecule has 11 nitrogen and oxygen atoms in total. The van der Waals surface area contributed by atoms with Crippen LogP contribution in [0.4, 0.5) is 0 Å². The van der Waals surface area contributed by atoms with Crippen molar-refractivity contribution < 1.29 is 17.5 Å². The van der Waals surface area contributed by atoms with Crippen molar-refractivity contribution >= 4 is 33.3 Å². The molecule has 0 atom stereocenters. The number of hydrogen-bond donors (Lipinski definition) is 0. The molecule has 1 aromatic carbocycles. The van der Waals surface area contributed by atoms with Gasteiger partial charge in [-0.05, 0) is 44.2 Å². The minimum atomic E-state index is -1.73. The van der Waals surface area contributed by atoms with Gasteiger partial charge in [-0.3, -0.25) is 9.55 Å². The summed E-state index contributed by atoms with van der Waals surface area (Å²) in [6.45, 7) is 4.10. The van der Waals surface area contributed by atoms with E-state index in [9.17, 15) is 0 Å². The number of halogens is 1. The van der Waals surface area contributed by atoms with Crippen molar-refractivity contribution in [2.75, 3.05) is 20.2 Å². The van der Waals surface area contributed by atoms with E-state index in [-0.39, 0.29) is 0 Å². The molecule has 6 rings (SSSR count). The van der Waals surface area contributed by atoms with E-state index < -0.39 is 10.6 Å². The molecule has 1 aliphatic rings. The molecule has 0 saturated carbocycles. The van der Waals surface area contributed by atoms with Crippen LogP contribution in [0.3, 0.4) is 0 Å². The molecule has 0 bridgehead atoms. The summed E-state index contributed by atoms with van der Waals surface area (Å²) >= 11 is 6.66.